The van der Waals surface area contributed by atoms with Crippen LogP contribution in [0, 0.1) is 6.92 Å². The average molecular weight is 573 g/mol. The molecule has 3 N–H and O–H groups in total. The molecule has 0 bridgehead atoms. The number of nitrogens with one attached hydrogen (secondary N) is 3. The first-order valence-corrected chi connectivity index (χ1v) is 15.9. The largest absolute Gasteiger partial charge is 0.358 e. The third-order valence-corrected chi connectivity index (χ3v) is 9.91. The molecule has 1 fully saturated rings. The second kappa shape index (κ2) is 11.9. The molecule has 41 heavy (non-hydrogen) atoms. The van der Waals surface area contributed by atoms with Crippen LogP contribution in [0.3, 0.4) is 0 Å². The number of rotatable bonds is 8. The van der Waals surface area contributed by atoms with Crippen LogP contribution in [0.1, 0.15) is 76.9 Å². The zero-order valence-corrected chi connectivity index (χ0v) is 25.1. The Morgan fingerprint density at radius 1 is 1.17 bits per heavy atom. The smallest absolute Gasteiger partial charge is 0.256 e. The number of nitrogens with zero attached hydrogens (tertiary/aromatic N) is 3. The zero-order valence-electron chi connectivity index (χ0n) is 24.3. The Morgan fingerprint density at radius 2 is 1.98 bits per heavy atom. The van der Waals surface area contributed by atoms with Gasteiger partial charge in [0.25, 0.3) is 11.8 Å². The predicted octanol–water partition coefficient (Wildman–Crippen LogP) is 5.14. The number of benzene rings is 1. The van der Waals surface area contributed by atoms with Crippen molar-refractivity contribution in [1.29, 1.82) is 0 Å². The molecule has 6 rings (SSSR count). The number of likely N-dealkylation sites (N-methyl/N-ethyl adjacent to an activating group) is 1. The molecule has 0 spiro atoms. The number of aromatic amines is 1. The van der Waals surface area contributed by atoms with Crippen LogP contribution in [0.15, 0.2) is 23.6 Å². The highest BCUT2D eigenvalue weighted by Crippen LogP contribution is 2.38. The number of fused-ring (bicyclic) bond motifs is 2. The molecule has 2 aromatic heterocycles. The van der Waals surface area contributed by atoms with Crippen molar-refractivity contribution in [1.82, 2.24) is 25.1 Å². The van der Waals surface area contributed by atoms with Crippen molar-refractivity contribution in [3.05, 3.63) is 56.7 Å². The monoisotopic (exact) mass is 572 g/mol. The van der Waals surface area contributed by atoms with Gasteiger partial charge in [-0.05, 0) is 82.6 Å². The summed E-state index contributed by atoms with van der Waals surface area (Å²) in [5, 5.41) is 9.79. The SMILES string of the molecule is CCN(CC)CCN1CCCc2[nH]c(C=C3C(=O)Nc4ccc(-c5csc(C6CCNCC6)n5)cc43)c(C)c2C1=O. The van der Waals surface area contributed by atoms with E-state index in [0.717, 1.165) is 117 Å². The van der Waals surface area contributed by atoms with Crippen LogP contribution in [0.2, 0.25) is 0 Å². The number of H-pyrrole nitrogens is 1. The molecular formula is C32H40N6O2S. The summed E-state index contributed by atoms with van der Waals surface area (Å²) in [4.78, 5) is 39.6. The van der Waals surface area contributed by atoms with Crippen molar-refractivity contribution < 1.29 is 9.59 Å². The van der Waals surface area contributed by atoms with Crippen LogP contribution < -0.4 is 10.6 Å². The lowest BCUT2D eigenvalue weighted by Gasteiger charge is -2.25. The van der Waals surface area contributed by atoms with Gasteiger partial charge in [-0.25, -0.2) is 4.98 Å². The van der Waals surface area contributed by atoms with Crippen LogP contribution in [0.4, 0.5) is 5.69 Å². The van der Waals surface area contributed by atoms with E-state index < -0.39 is 0 Å². The third-order valence-electron chi connectivity index (χ3n) is 8.90. The van der Waals surface area contributed by atoms with E-state index in [0.29, 0.717) is 11.5 Å². The van der Waals surface area contributed by atoms with Crippen LogP contribution in [-0.2, 0) is 11.2 Å². The first kappa shape index (κ1) is 27.9. The van der Waals surface area contributed by atoms with Gasteiger partial charge in [0.1, 0.15) is 0 Å². The molecule has 5 heterocycles. The van der Waals surface area contributed by atoms with Gasteiger partial charge in [0.05, 0.1) is 21.8 Å². The predicted molar refractivity (Wildman–Crippen MR) is 166 cm³/mol. The van der Waals surface area contributed by atoms with Gasteiger partial charge in [-0.1, -0.05) is 19.9 Å². The quantitative estimate of drug-likeness (QED) is 0.325. The lowest BCUT2D eigenvalue weighted by molar-refractivity contribution is -0.110. The molecule has 1 aromatic carbocycles. The summed E-state index contributed by atoms with van der Waals surface area (Å²) >= 11 is 1.74. The van der Waals surface area contributed by atoms with Gasteiger partial charge in [-0.15, -0.1) is 11.3 Å². The van der Waals surface area contributed by atoms with E-state index in [4.69, 9.17) is 4.98 Å². The maximum atomic E-state index is 13.7. The van der Waals surface area contributed by atoms with Crippen molar-refractivity contribution >= 4 is 40.5 Å². The van der Waals surface area contributed by atoms with E-state index >= 15 is 0 Å². The fourth-order valence-corrected chi connectivity index (χ4v) is 7.33. The van der Waals surface area contributed by atoms with Crippen molar-refractivity contribution in [2.45, 2.75) is 52.4 Å². The number of carbonyl (C=O) groups is 2. The summed E-state index contributed by atoms with van der Waals surface area (Å²) in [5.74, 6) is 0.488. The fourth-order valence-electron chi connectivity index (χ4n) is 6.33. The van der Waals surface area contributed by atoms with Crippen LogP contribution in [0.25, 0.3) is 22.9 Å². The summed E-state index contributed by atoms with van der Waals surface area (Å²) in [6, 6.07) is 6.08. The number of amides is 2. The Kier molecular flexibility index (Phi) is 8.10. The molecule has 3 aliphatic rings. The van der Waals surface area contributed by atoms with E-state index in [2.05, 4.69) is 45.8 Å². The van der Waals surface area contributed by atoms with Gasteiger partial charge in [0, 0.05) is 59.1 Å². The Hall–Kier alpha value is -3.27. The number of aromatic nitrogens is 2. The topological polar surface area (TPSA) is 93.4 Å². The summed E-state index contributed by atoms with van der Waals surface area (Å²) < 4.78 is 0. The Balaban J connectivity index is 1.28. The van der Waals surface area contributed by atoms with Gasteiger partial charge in [-0.3, -0.25) is 9.59 Å². The van der Waals surface area contributed by atoms with Gasteiger partial charge in [0.2, 0.25) is 0 Å². The maximum Gasteiger partial charge on any atom is 0.256 e. The molecule has 3 aromatic rings. The minimum Gasteiger partial charge on any atom is -0.358 e. The normalized spacial score (nSPS) is 18.6. The number of hydrogen-bond acceptors (Lipinski definition) is 6. The standard InChI is InChI=1S/C32H40N6O2S/c1-4-37(5-2)15-16-38-14-6-7-26-29(32(38)40)20(3)27(34-26)18-24-23-17-22(8-9-25(23)35-30(24)39)28-19-41-31(36-28)21-10-12-33-13-11-21/h8-9,17-19,21,33-34H,4-7,10-16H2,1-3H3,(H,35,39). The van der Waals surface area contributed by atoms with E-state index in [-0.39, 0.29) is 11.8 Å². The zero-order chi connectivity index (χ0) is 28.5. The minimum atomic E-state index is -0.123. The average Bonchev–Trinajstić information content (AvgIpc) is 3.66. The molecule has 0 radical (unpaired) electrons. The van der Waals surface area contributed by atoms with Crippen molar-refractivity contribution in [2.75, 3.05) is 51.1 Å². The summed E-state index contributed by atoms with van der Waals surface area (Å²) in [7, 11) is 0. The summed E-state index contributed by atoms with van der Waals surface area (Å²) in [6.07, 6.45) is 5.91. The van der Waals surface area contributed by atoms with E-state index in [1.165, 1.54) is 5.01 Å². The molecule has 1 saturated heterocycles. The molecule has 0 atom stereocenters. The van der Waals surface area contributed by atoms with Crippen LogP contribution >= 0.6 is 11.3 Å². The van der Waals surface area contributed by atoms with Crippen molar-refractivity contribution in [3.63, 3.8) is 0 Å². The number of aryl methyl sites for hydroxylation is 1. The van der Waals surface area contributed by atoms with E-state index in [1.54, 1.807) is 11.3 Å². The van der Waals surface area contributed by atoms with Crippen molar-refractivity contribution in [2.24, 2.45) is 0 Å². The summed E-state index contributed by atoms with van der Waals surface area (Å²) in [6.45, 7) is 12.8. The lowest BCUT2D eigenvalue weighted by Crippen LogP contribution is -2.38. The second-order valence-electron chi connectivity index (χ2n) is 11.3. The van der Waals surface area contributed by atoms with Gasteiger partial charge < -0.3 is 25.4 Å². The fraction of sp³-hybridized carbons (Fsp3) is 0.469. The third kappa shape index (κ3) is 5.50. The molecule has 216 valence electrons. The Labute approximate surface area is 246 Å². The van der Waals surface area contributed by atoms with Crippen molar-refractivity contribution in [3.8, 4) is 11.3 Å². The number of anilines is 1. The minimum absolute atomic E-state index is 0.0923. The van der Waals surface area contributed by atoms with Gasteiger partial charge in [-0.2, -0.15) is 0 Å². The lowest BCUT2D eigenvalue weighted by atomic mass is 9.99. The highest BCUT2D eigenvalue weighted by atomic mass is 32.1. The number of carbonyl (C=O) groups excluding carboxylic acids is 2. The highest BCUT2D eigenvalue weighted by Gasteiger charge is 2.30. The molecular weight excluding hydrogens is 532 g/mol. The molecule has 3 aliphatic heterocycles. The number of hydrogen-bond donors (Lipinski definition) is 3. The highest BCUT2D eigenvalue weighted by molar-refractivity contribution is 7.10. The Bertz CT molecular complexity index is 1480. The Morgan fingerprint density at radius 3 is 2.76 bits per heavy atom. The first-order valence-electron chi connectivity index (χ1n) is 15.0. The van der Waals surface area contributed by atoms with E-state index in [9.17, 15) is 9.59 Å². The molecule has 0 saturated carbocycles. The van der Waals surface area contributed by atoms with E-state index in [1.807, 2.05) is 30.0 Å². The first-order chi connectivity index (χ1) is 20.0. The molecule has 2 amide bonds. The molecule has 9 heteroatoms. The maximum absolute atomic E-state index is 13.7. The number of thiazole rings is 1. The van der Waals surface area contributed by atoms with Gasteiger partial charge in [0.15, 0.2) is 0 Å². The molecule has 0 aliphatic carbocycles. The molecule has 0 unspecified atom stereocenters. The number of piperidine rings is 1. The summed E-state index contributed by atoms with van der Waals surface area (Å²) in [5.41, 5.74) is 7.77. The van der Waals surface area contributed by atoms with Gasteiger partial charge >= 0.3 is 0 Å². The second-order valence-corrected chi connectivity index (χ2v) is 12.2. The van der Waals surface area contributed by atoms with Crippen LogP contribution in [0.5, 0.6) is 0 Å². The van der Waals surface area contributed by atoms with Crippen LogP contribution in [-0.4, -0.2) is 77.4 Å². The molecule has 8 nitrogen and oxygen atoms in total.